The van der Waals surface area contributed by atoms with E-state index < -0.39 is 0 Å². The summed E-state index contributed by atoms with van der Waals surface area (Å²) < 4.78 is 2.64. The number of nitrogens with zero attached hydrogens (tertiary/aromatic N) is 2. The first kappa shape index (κ1) is 7.49. The maximum absolute atomic E-state index is 11.3. The standard InChI is InChI=1S/C8H8N2OS/c1-2-6-7-9-4-3-5-10(7)8(11)12-6/h2-4H,5H2,1H3/b6-2+. The molecule has 1 aliphatic heterocycles. The maximum atomic E-state index is 11.3. The number of hydrogen-bond acceptors (Lipinski definition) is 3. The van der Waals surface area contributed by atoms with Gasteiger partial charge in [-0.1, -0.05) is 17.4 Å². The Morgan fingerprint density at radius 1 is 1.75 bits per heavy atom. The lowest BCUT2D eigenvalue weighted by atomic mass is 10.5. The first-order chi connectivity index (χ1) is 5.83. The summed E-state index contributed by atoms with van der Waals surface area (Å²) in [4.78, 5) is 15.5. The summed E-state index contributed by atoms with van der Waals surface area (Å²) in [6, 6.07) is 0. The Hall–Kier alpha value is -1.16. The maximum Gasteiger partial charge on any atom is 0.309 e. The average molecular weight is 180 g/mol. The van der Waals surface area contributed by atoms with Crippen molar-refractivity contribution < 1.29 is 0 Å². The van der Waals surface area contributed by atoms with Crippen LogP contribution in [-0.4, -0.2) is 4.57 Å². The molecule has 62 valence electrons. The number of rotatable bonds is 0. The summed E-state index contributed by atoms with van der Waals surface area (Å²) in [6.07, 6.45) is 5.54. The third kappa shape index (κ3) is 0.956. The summed E-state index contributed by atoms with van der Waals surface area (Å²) in [5.74, 6) is 0. The van der Waals surface area contributed by atoms with Crippen molar-refractivity contribution in [3.63, 3.8) is 0 Å². The highest BCUT2D eigenvalue weighted by atomic mass is 32.1. The largest absolute Gasteiger partial charge is 0.309 e. The van der Waals surface area contributed by atoms with E-state index in [4.69, 9.17) is 0 Å². The van der Waals surface area contributed by atoms with Gasteiger partial charge in [0.2, 0.25) is 0 Å². The van der Waals surface area contributed by atoms with Crippen LogP contribution in [-0.2, 0) is 6.54 Å². The third-order valence-electron chi connectivity index (χ3n) is 1.75. The quantitative estimate of drug-likeness (QED) is 0.547. The molecule has 0 radical (unpaired) electrons. The van der Waals surface area contributed by atoms with Crippen molar-refractivity contribution in [1.29, 1.82) is 0 Å². The zero-order valence-electron chi connectivity index (χ0n) is 6.65. The van der Waals surface area contributed by atoms with Crippen LogP contribution in [0.3, 0.4) is 0 Å². The van der Waals surface area contributed by atoms with E-state index in [1.807, 2.05) is 19.1 Å². The van der Waals surface area contributed by atoms with Crippen molar-refractivity contribution in [2.24, 2.45) is 4.99 Å². The molecule has 0 amide bonds. The highest BCUT2D eigenvalue weighted by Crippen LogP contribution is 1.85. The van der Waals surface area contributed by atoms with Gasteiger partial charge in [-0.2, -0.15) is 0 Å². The molecule has 0 spiro atoms. The molecule has 0 aliphatic carbocycles. The number of allylic oxidation sites excluding steroid dienone is 1. The van der Waals surface area contributed by atoms with Gasteiger partial charge in [0.05, 0.1) is 4.53 Å². The van der Waals surface area contributed by atoms with Gasteiger partial charge in [-0.05, 0) is 13.0 Å². The summed E-state index contributed by atoms with van der Waals surface area (Å²) in [5.41, 5.74) is 0.801. The van der Waals surface area contributed by atoms with E-state index in [0.717, 1.165) is 10.0 Å². The molecule has 0 unspecified atom stereocenters. The van der Waals surface area contributed by atoms with Crippen LogP contribution in [0.25, 0.3) is 6.08 Å². The van der Waals surface area contributed by atoms with Crippen molar-refractivity contribution in [3.8, 4) is 0 Å². The molecule has 0 bridgehead atoms. The zero-order valence-corrected chi connectivity index (χ0v) is 7.47. The second-order valence-electron chi connectivity index (χ2n) is 2.47. The molecule has 1 aromatic rings. The Bertz CT molecular complexity index is 492. The van der Waals surface area contributed by atoms with Gasteiger partial charge in [-0.15, -0.1) is 0 Å². The van der Waals surface area contributed by atoms with E-state index in [2.05, 4.69) is 4.99 Å². The predicted octanol–water partition coefficient (Wildman–Crippen LogP) is -0.143. The van der Waals surface area contributed by atoms with Crippen LogP contribution in [0.15, 0.2) is 22.1 Å². The van der Waals surface area contributed by atoms with Crippen molar-refractivity contribution in [1.82, 2.24) is 4.57 Å². The van der Waals surface area contributed by atoms with Crippen molar-refractivity contribution in [2.75, 3.05) is 0 Å². The molecular weight excluding hydrogens is 172 g/mol. The number of thiazole rings is 1. The lowest BCUT2D eigenvalue weighted by Crippen LogP contribution is -2.33. The lowest BCUT2D eigenvalue weighted by Gasteiger charge is -1.97. The van der Waals surface area contributed by atoms with E-state index in [0.29, 0.717) is 6.54 Å². The Morgan fingerprint density at radius 2 is 2.58 bits per heavy atom. The molecule has 0 fully saturated rings. The fourth-order valence-corrected chi connectivity index (χ4v) is 2.00. The second kappa shape index (κ2) is 2.71. The van der Waals surface area contributed by atoms with Crippen LogP contribution in [0.5, 0.6) is 0 Å². The van der Waals surface area contributed by atoms with Crippen LogP contribution in [0.1, 0.15) is 6.92 Å². The van der Waals surface area contributed by atoms with Crippen LogP contribution < -0.4 is 14.9 Å². The van der Waals surface area contributed by atoms with Crippen LogP contribution in [0.2, 0.25) is 0 Å². The highest BCUT2D eigenvalue weighted by Gasteiger charge is 2.03. The Kier molecular flexibility index (Phi) is 1.69. The smallest absolute Gasteiger partial charge is 0.279 e. The Labute approximate surface area is 73.0 Å². The first-order valence-corrected chi connectivity index (χ1v) is 4.53. The van der Waals surface area contributed by atoms with Gasteiger partial charge in [0.25, 0.3) is 0 Å². The Morgan fingerprint density at radius 3 is 3.33 bits per heavy atom. The van der Waals surface area contributed by atoms with Gasteiger partial charge < -0.3 is 0 Å². The average Bonchev–Trinajstić information content (AvgIpc) is 2.44. The monoisotopic (exact) mass is 180 g/mol. The summed E-state index contributed by atoms with van der Waals surface area (Å²) >= 11 is 1.25. The molecule has 1 aliphatic rings. The molecule has 0 atom stereocenters. The summed E-state index contributed by atoms with van der Waals surface area (Å²) in [7, 11) is 0. The van der Waals surface area contributed by atoms with Gasteiger partial charge in [0, 0.05) is 12.7 Å². The molecule has 0 N–H and O–H groups in total. The molecular formula is C8H8N2OS. The molecule has 0 saturated heterocycles. The van der Waals surface area contributed by atoms with Crippen molar-refractivity contribution >= 4 is 17.4 Å². The van der Waals surface area contributed by atoms with E-state index >= 15 is 0 Å². The molecule has 4 heteroatoms. The molecule has 3 nitrogen and oxygen atoms in total. The molecule has 12 heavy (non-hydrogen) atoms. The zero-order chi connectivity index (χ0) is 8.55. The van der Waals surface area contributed by atoms with Gasteiger partial charge >= 0.3 is 4.87 Å². The number of fused-ring (bicyclic) bond motifs is 1. The number of hydrogen-bond donors (Lipinski definition) is 0. The molecule has 1 aromatic heterocycles. The highest BCUT2D eigenvalue weighted by molar-refractivity contribution is 7.07. The summed E-state index contributed by atoms with van der Waals surface area (Å²) in [6.45, 7) is 2.57. The number of aromatic nitrogens is 1. The van der Waals surface area contributed by atoms with Crippen LogP contribution >= 0.6 is 11.3 Å². The molecule has 0 aromatic carbocycles. The van der Waals surface area contributed by atoms with E-state index in [1.165, 1.54) is 11.3 Å². The third-order valence-corrected chi connectivity index (χ3v) is 2.78. The van der Waals surface area contributed by atoms with Crippen molar-refractivity contribution in [2.45, 2.75) is 13.5 Å². The van der Waals surface area contributed by atoms with Crippen molar-refractivity contribution in [3.05, 3.63) is 32.0 Å². The molecule has 0 saturated carbocycles. The Balaban J connectivity index is 2.98. The first-order valence-electron chi connectivity index (χ1n) is 3.72. The normalized spacial score (nSPS) is 15.9. The minimum absolute atomic E-state index is 0.0752. The van der Waals surface area contributed by atoms with E-state index in [-0.39, 0.29) is 4.87 Å². The van der Waals surface area contributed by atoms with Crippen LogP contribution in [0.4, 0.5) is 0 Å². The van der Waals surface area contributed by atoms with E-state index in [1.54, 1.807) is 10.8 Å². The fourth-order valence-electron chi connectivity index (χ4n) is 1.17. The van der Waals surface area contributed by atoms with Gasteiger partial charge in [0.1, 0.15) is 0 Å². The van der Waals surface area contributed by atoms with E-state index in [9.17, 15) is 4.79 Å². The predicted molar refractivity (Wildman–Crippen MR) is 48.6 cm³/mol. The second-order valence-corrected chi connectivity index (χ2v) is 3.46. The summed E-state index contributed by atoms with van der Waals surface area (Å²) in [5, 5.41) is 0. The van der Waals surface area contributed by atoms with Gasteiger partial charge in [0.15, 0.2) is 5.49 Å². The molecule has 2 heterocycles. The van der Waals surface area contributed by atoms with Crippen LogP contribution in [0, 0.1) is 0 Å². The minimum Gasteiger partial charge on any atom is -0.279 e. The van der Waals surface area contributed by atoms with Gasteiger partial charge in [-0.3, -0.25) is 9.36 Å². The fraction of sp³-hybridized carbons (Fsp3) is 0.250. The SMILES string of the molecule is C/C=c1/sc(=O)n2c1=NC=CC2. The lowest BCUT2D eigenvalue weighted by molar-refractivity contribution is 0.735. The molecule has 2 rings (SSSR count). The topological polar surface area (TPSA) is 34.4 Å². The van der Waals surface area contributed by atoms with Gasteiger partial charge in [-0.25, -0.2) is 4.99 Å². The minimum atomic E-state index is 0.0752.